The Morgan fingerprint density at radius 2 is 2.05 bits per heavy atom. The van der Waals surface area contributed by atoms with Crippen LogP contribution < -0.4 is 11.1 Å². The second-order valence-electron chi connectivity index (χ2n) is 10.0. The van der Waals surface area contributed by atoms with Crippen molar-refractivity contribution in [3.63, 3.8) is 0 Å². The Balaban J connectivity index is 1.44. The molecule has 0 bridgehead atoms. The minimum atomic E-state index is -1.34. The van der Waals surface area contributed by atoms with E-state index in [2.05, 4.69) is 25.4 Å². The number of nitriles is 1. The minimum absolute atomic E-state index is 0.0249. The van der Waals surface area contributed by atoms with Gasteiger partial charge >= 0.3 is 0 Å². The average molecular weight is 530 g/mol. The molecule has 11 nitrogen and oxygen atoms in total. The minimum Gasteiger partial charge on any atom is -0.507 e. The highest BCUT2D eigenvalue weighted by Crippen LogP contribution is 2.46. The number of hydrogen-bond donors (Lipinski definition) is 3. The van der Waals surface area contributed by atoms with E-state index in [1.165, 1.54) is 37.7 Å². The molecule has 0 unspecified atom stereocenters. The van der Waals surface area contributed by atoms with Crippen molar-refractivity contribution in [1.29, 1.82) is 5.26 Å². The van der Waals surface area contributed by atoms with Crippen LogP contribution in [0.5, 0.6) is 5.75 Å². The topological polar surface area (TPSA) is 168 Å². The van der Waals surface area contributed by atoms with Gasteiger partial charge in [-0.25, -0.2) is 24.5 Å². The standard InChI is InChI=1S/C26H24ClN9O2/c1-26(14-8-16(27)15(10-28)19(37)9-14)20-21(29)33-22(34-23(20)35-25(26)38)18-11-36-24(30-12-31-36)17(32-18)7-13-5-3-2-4-6-13/h8-9,11-13,37H,2-7H2,1H3,(H3,29,33,34,35,38)/t26-/m1/s1. The van der Waals surface area contributed by atoms with E-state index in [1.807, 2.05) is 6.07 Å². The van der Waals surface area contributed by atoms with Gasteiger partial charge in [0, 0.05) is 0 Å². The van der Waals surface area contributed by atoms with E-state index in [0.29, 0.717) is 28.4 Å². The lowest BCUT2D eigenvalue weighted by atomic mass is 9.77. The molecule has 1 aromatic carbocycles. The lowest BCUT2D eigenvalue weighted by Crippen LogP contribution is -2.33. The molecule has 6 rings (SSSR count). The molecule has 192 valence electrons. The Morgan fingerprint density at radius 1 is 1.26 bits per heavy atom. The first-order chi connectivity index (χ1) is 18.3. The van der Waals surface area contributed by atoms with E-state index in [-0.39, 0.29) is 33.8 Å². The maximum atomic E-state index is 13.3. The predicted octanol–water partition coefficient (Wildman–Crippen LogP) is 3.78. The first-order valence-corrected chi connectivity index (χ1v) is 12.8. The smallest absolute Gasteiger partial charge is 0.240 e. The highest BCUT2D eigenvalue weighted by molar-refractivity contribution is 6.32. The molecule has 1 saturated carbocycles. The molecule has 4 aromatic rings. The number of hydrogen-bond acceptors (Lipinski definition) is 9. The predicted molar refractivity (Wildman–Crippen MR) is 139 cm³/mol. The zero-order valence-electron chi connectivity index (χ0n) is 20.6. The van der Waals surface area contributed by atoms with Crippen molar-refractivity contribution in [2.24, 2.45) is 5.92 Å². The number of fused-ring (bicyclic) bond motifs is 2. The van der Waals surface area contributed by atoms with Crippen molar-refractivity contribution in [2.45, 2.75) is 50.9 Å². The highest BCUT2D eigenvalue weighted by atomic mass is 35.5. The summed E-state index contributed by atoms with van der Waals surface area (Å²) in [4.78, 5) is 31.7. The monoisotopic (exact) mass is 529 g/mol. The molecule has 4 heterocycles. The Bertz CT molecular complexity index is 1630. The number of carbonyl (C=O) groups is 1. The number of phenolic OH excluding ortho intramolecular Hbond substituents is 1. The summed E-state index contributed by atoms with van der Waals surface area (Å²) in [5.74, 6) is 0.366. The van der Waals surface area contributed by atoms with E-state index in [1.54, 1.807) is 17.6 Å². The number of halogens is 1. The van der Waals surface area contributed by atoms with E-state index in [9.17, 15) is 15.2 Å². The highest BCUT2D eigenvalue weighted by Gasteiger charge is 2.48. The van der Waals surface area contributed by atoms with Gasteiger partial charge in [-0.05, 0) is 37.0 Å². The van der Waals surface area contributed by atoms with Crippen LogP contribution >= 0.6 is 11.6 Å². The third-order valence-electron chi connectivity index (χ3n) is 7.65. The summed E-state index contributed by atoms with van der Waals surface area (Å²) in [6, 6.07) is 4.66. The van der Waals surface area contributed by atoms with Crippen molar-refractivity contribution in [3.8, 4) is 23.3 Å². The van der Waals surface area contributed by atoms with E-state index < -0.39 is 11.3 Å². The average Bonchev–Trinajstić information content (AvgIpc) is 3.47. The van der Waals surface area contributed by atoms with Gasteiger partial charge in [-0.3, -0.25) is 4.79 Å². The maximum Gasteiger partial charge on any atom is 0.240 e. The quantitative estimate of drug-likeness (QED) is 0.356. The molecule has 1 fully saturated rings. The van der Waals surface area contributed by atoms with Gasteiger partial charge in [-0.1, -0.05) is 43.7 Å². The van der Waals surface area contributed by atoms with Crippen LogP contribution in [0.15, 0.2) is 24.7 Å². The van der Waals surface area contributed by atoms with E-state index >= 15 is 0 Å². The Morgan fingerprint density at radius 3 is 2.79 bits per heavy atom. The van der Waals surface area contributed by atoms with Crippen LogP contribution in [0.2, 0.25) is 5.02 Å². The summed E-state index contributed by atoms with van der Waals surface area (Å²) < 4.78 is 1.66. The molecule has 1 aliphatic carbocycles. The molecule has 1 atom stereocenters. The second kappa shape index (κ2) is 8.92. The number of nitrogens with one attached hydrogen (secondary N) is 1. The van der Waals surface area contributed by atoms with Gasteiger partial charge in [0.15, 0.2) is 11.5 Å². The van der Waals surface area contributed by atoms with Crippen molar-refractivity contribution in [3.05, 3.63) is 52.1 Å². The zero-order chi connectivity index (χ0) is 26.6. The number of amides is 1. The van der Waals surface area contributed by atoms with Crippen LogP contribution in [0.25, 0.3) is 17.2 Å². The molecular weight excluding hydrogens is 506 g/mol. The van der Waals surface area contributed by atoms with Crippen LogP contribution in [0.3, 0.4) is 0 Å². The molecule has 38 heavy (non-hydrogen) atoms. The molecule has 2 aliphatic rings. The van der Waals surface area contributed by atoms with Crippen LogP contribution in [0.4, 0.5) is 11.6 Å². The fourth-order valence-electron chi connectivity index (χ4n) is 5.59. The largest absolute Gasteiger partial charge is 0.507 e. The van der Waals surface area contributed by atoms with Gasteiger partial charge in [-0.15, -0.1) is 0 Å². The molecule has 0 radical (unpaired) electrons. The van der Waals surface area contributed by atoms with Crippen molar-refractivity contribution >= 4 is 34.8 Å². The molecule has 1 aliphatic heterocycles. The first-order valence-electron chi connectivity index (χ1n) is 12.4. The number of benzene rings is 1. The number of anilines is 2. The van der Waals surface area contributed by atoms with E-state index in [4.69, 9.17) is 22.3 Å². The van der Waals surface area contributed by atoms with Crippen LogP contribution in [0.1, 0.15) is 61.4 Å². The van der Waals surface area contributed by atoms with Gasteiger partial charge < -0.3 is 16.2 Å². The van der Waals surface area contributed by atoms with Gasteiger partial charge in [0.1, 0.15) is 46.5 Å². The molecule has 0 saturated heterocycles. The van der Waals surface area contributed by atoms with E-state index in [0.717, 1.165) is 25.0 Å². The van der Waals surface area contributed by atoms with Crippen molar-refractivity contribution in [1.82, 2.24) is 29.5 Å². The fourth-order valence-corrected chi connectivity index (χ4v) is 5.85. The summed E-state index contributed by atoms with van der Waals surface area (Å²) in [6.07, 6.45) is 10.0. The molecule has 1 amide bonds. The third kappa shape index (κ3) is 3.71. The van der Waals surface area contributed by atoms with Gasteiger partial charge in [0.25, 0.3) is 0 Å². The number of aromatic nitrogens is 6. The summed E-state index contributed by atoms with van der Waals surface area (Å²) in [5, 5.41) is 26.7. The molecule has 12 heteroatoms. The van der Waals surface area contributed by atoms with Gasteiger partial charge in [-0.2, -0.15) is 10.4 Å². The summed E-state index contributed by atoms with van der Waals surface area (Å²) in [5.41, 5.74) is 7.73. The molecule has 3 aromatic heterocycles. The van der Waals surface area contributed by atoms with Crippen molar-refractivity contribution < 1.29 is 9.90 Å². The van der Waals surface area contributed by atoms with Crippen LogP contribution in [0, 0.1) is 17.2 Å². The van der Waals surface area contributed by atoms with Crippen LogP contribution in [-0.4, -0.2) is 40.6 Å². The Hall–Kier alpha value is -4.30. The number of phenols is 1. The van der Waals surface area contributed by atoms with Crippen LogP contribution in [-0.2, 0) is 16.6 Å². The van der Waals surface area contributed by atoms with Crippen molar-refractivity contribution in [2.75, 3.05) is 11.1 Å². The summed E-state index contributed by atoms with van der Waals surface area (Å²) >= 11 is 6.22. The molecular formula is C26H24ClN9O2. The second-order valence-corrected chi connectivity index (χ2v) is 10.4. The van der Waals surface area contributed by atoms with Gasteiger partial charge in [0.05, 0.1) is 22.5 Å². The number of nitrogens with zero attached hydrogens (tertiary/aromatic N) is 7. The number of rotatable bonds is 4. The maximum absolute atomic E-state index is 13.3. The normalized spacial score (nSPS) is 19.3. The summed E-state index contributed by atoms with van der Waals surface area (Å²) in [6.45, 7) is 1.65. The fraction of sp³-hybridized carbons (Fsp3) is 0.346. The number of nitrogen functional groups attached to an aromatic ring is 1. The number of carbonyl (C=O) groups excluding carboxylic acids is 1. The molecule has 4 N–H and O–H groups in total. The number of nitrogens with two attached hydrogens (primary N) is 1. The lowest BCUT2D eigenvalue weighted by Gasteiger charge is -2.24. The lowest BCUT2D eigenvalue weighted by molar-refractivity contribution is -0.119. The SMILES string of the molecule is C[C@]1(c2cc(O)c(C#N)c(Cl)c2)C(=O)Nc2nc(-c3cn4ncnc4c(CC4CCCCC4)n3)nc(N)c21. The Labute approximate surface area is 222 Å². The Kier molecular flexibility index (Phi) is 5.65. The van der Waals surface area contributed by atoms with Gasteiger partial charge in [0.2, 0.25) is 5.91 Å². The molecule has 0 spiro atoms. The summed E-state index contributed by atoms with van der Waals surface area (Å²) in [7, 11) is 0. The third-order valence-corrected chi connectivity index (χ3v) is 7.95. The first kappa shape index (κ1) is 24.1. The number of aromatic hydroxyl groups is 1. The zero-order valence-corrected chi connectivity index (χ0v) is 21.3.